The van der Waals surface area contributed by atoms with E-state index in [0.29, 0.717) is 16.8 Å². The predicted molar refractivity (Wildman–Crippen MR) is 112 cm³/mol. The molecule has 10 heteroatoms. The third-order valence-corrected chi connectivity index (χ3v) is 5.54. The molecule has 0 aliphatic heterocycles. The highest BCUT2D eigenvalue weighted by molar-refractivity contribution is 7.90. The van der Waals surface area contributed by atoms with Crippen LogP contribution >= 0.6 is 0 Å². The van der Waals surface area contributed by atoms with Gasteiger partial charge in [-0.05, 0) is 55.0 Å². The van der Waals surface area contributed by atoms with Crippen LogP contribution < -0.4 is 10.0 Å². The molecule has 0 atom stereocenters. The van der Waals surface area contributed by atoms with Gasteiger partial charge in [0.2, 0.25) is 0 Å². The number of sulfonamides is 1. The highest BCUT2D eigenvalue weighted by Gasteiger charge is 2.24. The highest BCUT2D eigenvalue weighted by atomic mass is 32.2. The lowest BCUT2D eigenvalue weighted by molar-refractivity contribution is 0.0573. The number of nitrogens with one attached hydrogen (secondary N) is 2. The van der Waals surface area contributed by atoms with Crippen LogP contribution in [-0.4, -0.2) is 34.9 Å². The van der Waals surface area contributed by atoms with Crippen LogP contribution in [0, 0.1) is 5.82 Å². The van der Waals surface area contributed by atoms with Crippen molar-refractivity contribution in [2.75, 3.05) is 5.32 Å². The molecule has 0 saturated carbocycles. The Morgan fingerprint density at radius 2 is 1.73 bits per heavy atom. The lowest BCUT2D eigenvalue weighted by Crippen LogP contribution is -2.35. The SMILES string of the molecule is CC(C)c1cc(F)cc(C(C)C)c1NC(=O)NS(=O)(=O)c1ccn(CC(C)(C)O)n1. The number of amides is 2. The van der Waals surface area contributed by atoms with Crippen LogP contribution in [-0.2, 0) is 16.6 Å². The van der Waals surface area contributed by atoms with Crippen molar-refractivity contribution in [1.29, 1.82) is 0 Å². The summed E-state index contributed by atoms with van der Waals surface area (Å²) in [4.78, 5) is 12.5. The van der Waals surface area contributed by atoms with E-state index in [1.165, 1.54) is 29.1 Å². The summed E-state index contributed by atoms with van der Waals surface area (Å²) in [5.41, 5.74) is 0.448. The minimum atomic E-state index is -4.24. The van der Waals surface area contributed by atoms with Gasteiger partial charge in [-0.3, -0.25) is 4.68 Å². The number of rotatable bonds is 7. The zero-order chi connectivity index (χ0) is 22.9. The Morgan fingerprint density at radius 3 is 2.20 bits per heavy atom. The van der Waals surface area contributed by atoms with Gasteiger partial charge in [0.25, 0.3) is 10.0 Å². The van der Waals surface area contributed by atoms with E-state index in [1.54, 1.807) is 13.8 Å². The minimum Gasteiger partial charge on any atom is -0.389 e. The van der Waals surface area contributed by atoms with Crippen molar-refractivity contribution >= 4 is 21.7 Å². The van der Waals surface area contributed by atoms with Crippen LogP contribution in [0.3, 0.4) is 0 Å². The molecule has 0 spiro atoms. The molecule has 0 bridgehead atoms. The number of hydrogen-bond acceptors (Lipinski definition) is 5. The number of carbonyl (C=O) groups is 1. The smallest absolute Gasteiger partial charge is 0.333 e. The summed E-state index contributed by atoms with van der Waals surface area (Å²) in [6, 6.07) is 2.93. The van der Waals surface area contributed by atoms with Gasteiger partial charge in [-0.2, -0.15) is 13.5 Å². The Hall–Kier alpha value is -2.46. The van der Waals surface area contributed by atoms with Crippen LogP contribution in [0.15, 0.2) is 29.4 Å². The van der Waals surface area contributed by atoms with E-state index in [1.807, 2.05) is 32.4 Å². The van der Waals surface area contributed by atoms with E-state index >= 15 is 0 Å². The van der Waals surface area contributed by atoms with Crippen molar-refractivity contribution in [1.82, 2.24) is 14.5 Å². The molecule has 2 amide bonds. The second kappa shape index (κ2) is 8.73. The average Bonchev–Trinajstić information content (AvgIpc) is 3.02. The second-order valence-corrected chi connectivity index (χ2v) is 10.1. The number of hydrogen-bond donors (Lipinski definition) is 3. The molecule has 30 heavy (non-hydrogen) atoms. The molecule has 3 N–H and O–H groups in total. The van der Waals surface area contributed by atoms with E-state index in [9.17, 15) is 22.7 Å². The Kier molecular flexibility index (Phi) is 6.93. The molecule has 1 aromatic heterocycles. The summed E-state index contributed by atoms with van der Waals surface area (Å²) in [7, 11) is -4.24. The first kappa shape index (κ1) is 23.8. The van der Waals surface area contributed by atoms with Gasteiger partial charge < -0.3 is 10.4 Å². The van der Waals surface area contributed by atoms with Crippen LogP contribution in [0.1, 0.15) is 64.5 Å². The summed E-state index contributed by atoms with van der Waals surface area (Å²) in [5.74, 6) is -0.608. The van der Waals surface area contributed by atoms with Crippen molar-refractivity contribution in [2.24, 2.45) is 0 Å². The van der Waals surface area contributed by atoms with Crippen molar-refractivity contribution in [3.63, 3.8) is 0 Å². The summed E-state index contributed by atoms with van der Waals surface area (Å²) in [6.07, 6.45) is 1.40. The molecular formula is C20H29FN4O4S. The molecule has 166 valence electrons. The van der Waals surface area contributed by atoms with Crippen molar-refractivity contribution in [3.05, 3.63) is 41.3 Å². The molecule has 0 fully saturated rings. The van der Waals surface area contributed by atoms with Gasteiger partial charge in [0.15, 0.2) is 5.03 Å². The molecule has 2 rings (SSSR count). The molecule has 0 aliphatic rings. The summed E-state index contributed by atoms with van der Waals surface area (Å²) >= 11 is 0. The molecule has 1 aromatic carbocycles. The summed E-state index contributed by atoms with van der Waals surface area (Å²) in [6.45, 7) is 10.6. The first-order valence-corrected chi connectivity index (χ1v) is 11.1. The zero-order valence-electron chi connectivity index (χ0n) is 18.0. The third kappa shape index (κ3) is 6.02. The zero-order valence-corrected chi connectivity index (χ0v) is 18.8. The normalized spacial score (nSPS) is 12.5. The molecule has 0 saturated heterocycles. The van der Waals surface area contributed by atoms with Gasteiger partial charge in [0, 0.05) is 11.9 Å². The number of nitrogens with zero attached hydrogens (tertiary/aromatic N) is 2. The lowest BCUT2D eigenvalue weighted by Gasteiger charge is -2.20. The lowest BCUT2D eigenvalue weighted by atomic mass is 9.92. The summed E-state index contributed by atoms with van der Waals surface area (Å²) in [5, 5.41) is 16.0. The fraction of sp³-hybridized carbons (Fsp3) is 0.500. The van der Waals surface area contributed by atoms with Crippen molar-refractivity contribution < 1.29 is 22.7 Å². The maximum absolute atomic E-state index is 14.0. The van der Waals surface area contributed by atoms with E-state index < -0.39 is 27.5 Å². The Labute approximate surface area is 176 Å². The van der Waals surface area contributed by atoms with Gasteiger partial charge in [0.05, 0.1) is 12.1 Å². The average molecular weight is 441 g/mol. The van der Waals surface area contributed by atoms with E-state index in [2.05, 4.69) is 10.4 Å². The molecule has 2 aromatic rings. The van der Waals surface area contributed by atoms with Crippen molar-refractivity contribution in [3.8, 4) is 0 Å². The molecule has 0 radical (unpaired) electrons. The monoisotopic (exact) mass is 440 g/mol. The number of carbonyl (C=O) groups excluding carboxylic acids is 1. The Morgan fingerprint density at radius 1 is 1.20 bits per heavy atom. The van der Waals surface area contributed by atoms with E-state index in [0.717, 1.165) is 0 Å². The third-order valence-electron chi connectivity index (χ3n) is 4.31. The van der Waals surface area contributed by atoms with Gasteiger partial charge in [0.1, 0.15) is 5.82 Å². The Bertz CT molecular complexity index is 995. The van der Waals surface area contributed by atoms with Gasteiger partial charge in [-0.25, -0.2) is 13.9 Å². The number of urea groups is 1. The van der Waals surface area contributed by atoms with Crippen LogP contribution in [0.4, 0.5) is 14.9 Å². The molecule has 0 aliphatic carbocycles. The molecule has 0 unspecified atom stereocenters. The number of aliphatic hydroxyl groups is 1. The predicted octanol–water partition coefficient (Wildman–Crippen LogP) is 3.55. The van der Waals surface area contributed by atoms with Crippen LogP contribution in [0.2, 0.25) is 0 Å². The fourth-order valence-corrected chi connectivity index (χ4v) is 3.84. The first-order valence-electron chi connectivity index (χ1n) is 9.62. The maximum Gasteiger partial charge on any atom is 0.333 e. The van der Waals surface area contributed by atoms with E-state index in [4.69, 9.17) is 0 Å². The molecule has 1 heterocycles. The van der Waals surface area contributed by atoms with Crippen molar-refractivity contribution in [2.45, 2.75) is 70.6 Å². The topological polar surface area (TPSA) is 113 Å². The molecule has 8 nitrogen and oxygen atoms in total. The van der Waals surface area contributed by atoms with Gasteiger partial charge >= 0.3 is 6.03 Å². The number of anilines is 1. The minimum absolute atomic E-state index is 0.0831. The van der Waals surface area contributed by atoms with E-state index in [-0.39, 0.29) is 23.4 Å². The summed E-state index contributed by atoms with van der Waals surface area (Å²) < 4.78 is 42.3. The van der Waals surface area contributed by atoms with Gasteiger partial charge in [-0.1, -0.05) is 27.7 Å². The quantitative estimate of drug-likeness (QED) is 0.609. The molecular weight excluding hydrogens is 411 g/mol. The number of aromatic nitrogens is 2. The van der Waals surface area contributed by atoms with Crippen LogP contribution in [0.25, 0.3) is 0 Å². The largest absolute Gasteiger partial charge is 0.389 e. The standard InChI is InChI=1S/C20H29FN4O4S/c1-12(2)15-9-14(21)10-16(13(3)4)18(15)22-19(26)24-30(28,29)17-7-8-25(23-17)11-20(5,6)27/h7-10,12-13,27H,11H2,1-6H3,(H2,22,24,26). The fourth-order valence-electron chi connectivity index (χ4n) is 2.99. The van der Waals surface area contributed by atoms with Gasteiger partial charge in [-0.15, -0.1) is 0 Å². The van der Waals surface area contributed by atoms with Crippen LogP contribution in [0.5, 0.6) is 0 Å². The number of benzene rings is 1. The maximum atomic E-state index is 14.0. The second-order valence-electron chi connectivity index (χ2n) is 8.49. The highest BCUT2D eigenvalue weighted by Crippen LogP contribution is 2.33. The first-order chi connectivity index (χ1) is 13.7. The Balaban J connectivity index is 2.27. The number of halogens is 1.